The average Bonchev–Trinajstić information content (AvgIpc) is 2.65. The van der Waals surface area contributed by atoms with Gasteiger partial charge >= 0.3 is 0 Å². The first-order valence-corrected chi connectivity index (χ1v) is 11.0. The number of guanidine groups is 1. The van der Waals surface area contributed by atoms with E-state index in [2.05, 4.69) is 17.1 Å². The highest BCUT2D eigenvalue weighted by atomic mass is 15.3. The van der Waals surface area contributed by atoms with E-state index in [0.29, 0.717) is 6.04 Å². The third kappa shape index (κ3) is 4.89. The quantitative estimate of drug-likeness (QED) is 0.562. The van der Waals surface area contributed by atoms with Crippen LogP contribution in [0.4, 0.5) is 0 Å². The zero-order valence-electron chi connectivity index (χ0n) is 15.9. The van der Waals surface area contributed by atoms with Gasteiger partial charge in [0.2, 0.25) is 0 Å². The maximum atomic E-state index is 5.31. The van der Waals surface area contributed by atoms with E-state index in [1.54, 1.807) is 0 Å². The van der Waals surface area contributed by atoms with Crippen molar-refractivity contribution in [2.75, 3.05) is 6.54 Å². The summed E-state index contributed by atoms with van der Waals surface area (Å²) in [5, 5.41) is 3.70. The standard InChI is InChI=1S/C21H39N3/c1-2-22-21(23-18-12-6-3-7-13-18)24(19-14-8-4-9-15-19)20-16-10-5-11-17-20/h18-20H,2-17H2,1H3,(H,22,23). The van der Waals surface area contributed by atoms with Gasteiger partial charge in [-0.2, -0.15) is 0 Å². The van der Waals surface area contributed by atoms with Crippen LogP contribution in [-0.2, 0) is 0 Å². The van der Waals surface area contributed by atoms with Crippen LogP contribution in [0.5, 0.6) is 0 Å². The van der Waals surface area contributed by atoms with Crippen LogP contribution in [0, 0.1) is 0 Å². The smallest absolute Gasteiger partial charge is 0.194 e. The molecule has 138 valence electrons. The molecule has 0 radical (unpaired) electrons. The molecule has 3 heteroatoms. The zero-order valence-corrected chi connectivity index (χ0v) is 15.9. The van der Waals surface area contributed by atoms with Gasteiger partial charge in [0.15, 0.2) is 5.96 Å². The first-order valence-electron chi connectivity index (χ1n) is 11.0. The Morgan fingerprint density at radius 2 is 1.21 bits per heavy atom. The minimum Gasteiger partial charge on any atom is -0.356 e. The van der Waals surface area contributed by atoms with Crippen LogP contribution in [0.15, 0.2) is 4.99 Å². The van der Waals surface area contributed by atoms with Gasteiger partial charge in [-0.25, -0.2) is 4.99 Å². The van der Waals surface area contributed by atoms with Gasteiger partial charge in [0.1, 0.15) is 0 Å². The molecule has 0 spiro atoms. The van der Waals surface area contributed by atoms with E-state index in [9.17, 15) is 0 Å². The molecule has 3 nitrogen and oxygen atoms in total. The van der Waals surface area contributed by atoms with Crippen LogP contribution in [0.25, 0.3) is 0 Å². The molecule has 1 N–H and O–H groups in total. The summed E-state index contributed by atoms with van der Waals surface area (Å²) < 4.78 is 0. The summed E-state index contributed by atoms with van der Waals surface area (Å²) in [6, 6.07) is 2.05. The number of rotatable bonds is 4. The van der Waals surface area contributed by atoms with E-state index >= 15 is 0 Å². The van der Waals surface area contributed by atoms with Crippen molar-refractivity contribution in [1.82, 2.24) is 10.2 Å². The number of hydrogen-bond donors (Lipinski definition) is 1. The molecule has 3 saturated carbocycles. The summed E-state index contributed by atoms with van der Waals surface area (Å²) in [6.07, 6.45) is 20.8. The number of nitrogens with one attached hydrogen (secondary N) is 1. The molecule has 24 heavy (non-hydrogen) atoms. The summed E-state index contributed by atoms with van der Waals surface area (Å²) in [5.74, 6) is 1.27. The van der Waals surface area contributed by atoms with Crippen LogP contribution in [0.2, 0.25) is 0 Å². The molecule has 3 aliphatic carbocycles. The second-order valence-electron chi connectivity index (χ2n) is 8.27. The number of nitrogens with zero attached hydrogens (tertiary/aromatic N) is 2. The molecule has 0 atom stereocenters. The van der Waals surface area contributed by atoms with Gasteiger partial charge in [0.25, 0.3) is 0 Å². The molecule has 0 bridgehead atoms. The maximum absolute atomic E-state index is 5.31. The predicted molar refractivity (Wildman–Crippen MR) is 104 cm³/mol. The third-order valence-electron chi connectivity index (χ3n) is 6.40. The summed E-state index contributed by atoms with van der Waals surface area (Å²) in [6.45, 7) is 3.23. The van der Waals surface area contributed by atoms with E-state index in [1.165, 1.54) is 102 Å². The Bertz CT molecular complexity index is 357. The van der Waals surface area contributed by atoms with Crippen molar-refractivity contribution in [3.8, 4) is 0 Å². The van der Waals surface area contributed by atoms with Crippen LogP contribution in [0.1, 0.15) is 103 Å². The van der Waals surface area contributed by atoms with Crippen LogP contribution in [-0.4, -0.2) is 35.5 Å². The molecule has 3 aliphatic rings. The lowest BCUT2D eigenvalue weighted by Gasteiger charge is -2.44. The van der Waals surface area contributed by atoms with Gasteiger partial charge in [-0.05, 0) is 45.4 Å². The van der Waals surface area contributed by atoms with Crippen molar-refractivity contribution >= 4 is 5.96 Å². The minimum absolute atomic E-state index is 0.572. The molecule has 0 heterocycles. The Hall–Kier alpha value is -0.730. The van der Waals surface area contributed by atoms with E-state index in [4.69, 9.17) is 4.99 Å². The summed E-state index contributed by atoms with van der Waals surface area (Å²) in [4.78, 5) is 8.10. The van der Waals surface area contributed by atoms with Crippen molar-refractivity contribution < 1.29 is 0 Å². The molecule has 0 unspecified atom stereocenters. The molecular formula is C21H39N3. The molecule has 0 aliphatic heterocycles. The molecule has 3 rings (SSSR count). The molecule has 0 aromatic rings. The summed E-state index contributed by atoms with van der Waals surface area (Å²) in [5.41, 5.74) is 0. The fraction of sp³-hybridized carbons (Fsp3) is 0.952. The number of aliphatic imine (C=N–C) groups is 1. The monoisotopic (exact) mass is 333 g/mol. The molecule has 0 aromatic carbocycles. The van der Waals surface area contributed by atoms with Crippen molar-refractivity contribution in [1.29, 1.82) is 0 Å². The summed E-state index contributed by atoms with van der Waals surface area (Å²) >= 11 is 0. The topological polar surface area (TPSA) is 27.6 Å². The van der Waals surface area contributed by atoms with Gasteiger partial charge in [-0.1, -0.05) is 57.8 Å². The lowest BCUT2D eigenvalue weighted by atomic mass is 9.89. The van der Waals surface area contributed by atoms with Gasteiger partial charge in [0, 0.05) is 18.6 Å². The lowest BCUT2D eigenvalue weighted by molar-refractivity contribution is 0.151. The van der Waals surface area contributed by atoms with E-state index in [0.717, 1.165) is 18.6 Å². The van der Waals surface area contributed by atoms with Gasteiger partial charge in [-0.3, -0.25) is 0 Å². The predicted octanol–water partition coefficient (Wildman–Crippen LogP) is 5.25. The highest BCUT2D eigenvalue weighted by molar-refractivity contribution is 5.81. The van der Waals surface area contributed by atoms with Crippen molar-refractivity contribution in [3.05, 3.63) is 0 Å². The normalized spacial score (nSPS) is 25.6. The van der Waals surface area contributed by atoms with E-state index in [-0.39, 0.29) is 0 Å². The summed E-state index contributed by atoms with van der Waals surface area (Å²) in [7, 11) is 0. The average molecular weight is 334 g/mol. The Balaban J connectivity index is 1.79. The second-order valence-corrected chi connectivity index (χ2v) is 8.27. The first kappa shape index (κ1) is 18.1. The van der Waals surface area contributed by atoms with Crippen LogP contribution in [0.3, 0.4) is 0 Å². The van der Waals surface area contributed by atoms with Crippen LogP contribution >= 0.6 is 0 Å². The van der Waals surface area contributed by atoms with E-state index in [1.807, 2.05) is 0 Å². The Morgan fingerprint density at radius 3 is 1.67 bits per heavy atom. The Labute approximate surface area is 149 Å². The molecule has 0 aromatic heterocycles. The van der Waals surface area contributed by atoms with Crippen LogP contribution < -0.4 is 5.32 Å². The molecule has 0 saturated heterocycles. The van der Waals surface area contributed by atoms with Crippen molar-refractivity contribution in [2.45, 2.75) is 121 Å². The first-order chi connectivity index (χ1) is 11.9. The largest absolute Gasteiger partial charge is 0.356 e. The number of hydrogen-bond acceptors (Lipinski definition) is 1. The molecule has 3 fully saturated rings. The highest BCUT2D eigenvalue weighted by Gasteiger charge is 2.31. The molecule has 0 amide bonds. The van der Waals surface area contributed by atoms with E-state index < -0.39 is 0 Å². The minimum atomic E-state index is 0.572. The second kappa shape index (κ2) is 9.68. The van der Waals surface area contributed by atoms with Crippen molar-refractivity contribution in [2.24, 2.45) is 4.99 Å². The lowest BCUT2D eigenvalue weighted by Crippen LogP contribution is -2.54. The van der Waals surface area contributed by atoms with Crippen molar-refractivity contribution in [3.63, 3.8) is 0 Å². The Kier molecular flexibility index (Phi) is 7.29. The van der Waals surface area contributed by atoms with Gasteiger partial charge in [0.05, 0.1) is 6.04 Å². The van der Waals surface area contributed by atoms with Gasteiger partial charge in [-0.15, -0.1) is 0 Å². The maximum Gasteiger partial charge on any atom is 0.194 e. The van der Waals surface area contributed by atoms with Gasteiger partial charge < -0.3 is 10.2 Å². The molecular weight excluding hydrogens is 294 g/mol. The SMILES string of the molecule is CCN/C(=N\C1CCCCC1)N(C1CCCCC1)C1CCCCC1. The Morgan fingerprint density at radius 1 is 0.750 bits per heavy atom. The fourth-order valence-corrected chi connectivity index (χ4v) is 5.11. The fourth-order valence-electron chi connectivity index (χ4n) is 5.11. The highest BCUT2D eigenvalue weighted by Crippen LogP contribution is 2.31. The zero-order chi connectivity index (χ0) is 16.6. The third-order valence-corrected chi connectivity index (χ3v) is 6.40.